The monoisotopic (exact) mass is 285 g/mol. The van der Waals surface area contributed by atoms with Gasteiger partial charge in [-0.2, -0.15) is 5.10 Å². The highest BCUT2D eigenvalue weighted by Crippen LogP contribution is 2.18. The van der Waals surface area contributed by atoms with Crippen molar-refractivity contribution in [1.29, 1.82) is 0 Å². The minimum Gasteiger partial charge on any atom is -0.346 e. The maximum Gasteiger partial charge on any atom is 0.272 e. The number of carbonyl (C=O) groups is 1. The van der Waals surface area contributed by atoms with Crippen LogP contribution in [-0.4, -0.2) is 16.1 Å². The van der Waals surface area contributed by atoms with Crippen LogP contribution in [-0.2, 0) is 6.54 Å². The predicted molar refractivity (Wildman–Crippen MR) is 81.1 cm³/mol. The lowest BCUT2D eigenvalue weighted by atomic mass is 10.1. The largest absolute Gasteiger partial charge is 0.346 e. The standard InChI is InChI=1S/C15H15N3OS/c1-9-3-4-12-11(7-9)14(18-17-12)15(19)16-8-13-10(2)5-6-20-13/h3-7H,8H2,1-2H3,(H,16,19)(H,17,18). The molecule has 0 radical (unpaired) electrons. The Morgan fingerprint density at radius 1 is 1.35 bits per heavy atom. The SMILES string of the molecule is Cc1ccc2[nH]nc(C(=O)NCc3sccc3C)c2c1. The molecular weight excluding hydrogens is 270 g/mol. The molecule has 2 heterocycles. The number of fused-ring (bicyclic) bond motifs is 1. The highest BCUT2D eigenvalue weighted by atomic mass is 32.1. The first kappa shape index (κ1) is 12.9. The van der Waals surface area contributed by atoms with Gasteiger partial charge in [0.25, 0.3) is 5.91 Å². The smallest absolute Gasteiger partial charge is 0.272 e. The summed E-state index contributed by atoms with van der Waals surface area (Å²) in [5, 5.41) is 12.8. The van der Waals surface area contributed by atoms with Gasteiger partial charge in [-0.15, -0.1) is 11.3 Å². The second-order valence-electron chi connectivity index (χ2n) is 4.83. The Labute approximate surface area is 120 Å². The van der Waals surface area contributed by atoms with Gasteiger partial charge >= 0.3 is 0 Å². The fraction of sp³-hybridized carbons (Fsp3) is 0.200. The molecule has 1 amide bonds. The lowest BCUT2D eigenvalue weighted by molar-refractivity contribution is 0.0948. The van der Waals surface area contributed by atoms with E-state index in [-0.39, 0.29) is 5.91 Å². The zero-order valence-electron chi connectivity index (χ0n) is 11.4. The topological polar surface area (TPSA) is 57.8 Å². The Bertz CT molecular complexity index is 772. The van der Waals surface area contributed by atoms with Crippen LogP contribution in [0.3, 0.4) is 0 Å². The van der Waals surface area contributed by atoms with Gasteiger partial charge < -0.3 is 5.32 Å². The third-order valence-corrected chi connectivity index (χ3v) is 4.33. The highest BCUT2D eigenvalue weighted by Gasteiger charge is 2.14. The van der Waals surface area contributed by atoms with E-state index < -0.39 is 0 Å². The average Bonchev–Trinajstić information content (AvgIpc) is 3.02. The number of aryl methyl sites for hydroxylation is 2. The van der Waals surface area contributed by atoms with Gasteiger partial charge in [-0.05, 0) is 43.0 Å². The summed E-state index contributed by atoms with van der Waals surface area (Å²) < 4.78 is 0. The highest BCUT2D eigenvalue weighted by molar-refractivity contribution is 7.10. The molecular formula is C15H15N3OS. The molecule has 102 valence electrons. The van der Waals surface area contributed by atoms with E-state index in [2.05, 4.69) is 21.6 Å². The van der Waals surface area contributed by atoms with Gasteiger partial charge in [-0.1, -0.05) is 11.6 Å². The summed E-state index contributed by atoms with van der Waals surface area (Å²) >= 11 is 1.65. The molecule has 0 unspecified atom stereocenters. The summed E-state index contributed by atoms with van der Waals surface area (Å²) in [4.78, 5) is 13.4. The number of H-pyrrole nitrogens is 1. The van der Waals surface area contributed by atoms with E-state index in [0.717, 1.165) is 16.5 Å². The van der Waals surface area contributed by atoms with Crippen LogP contribution in [0.25, 0.3) is 10.9 Å². The zero-order chi connectivity index (χ0) is 14.1. The van der Waals surface area contributed by atoms with Gasteiger partial charge in [0.1, 0.15) is 0 Å². The Morgan fingerprint density at radius 2 is 2.20 bits per heavy atom. The molecule has 0 spiro atoms. The molecule has 0 aliphatic heterocycles. The summed E-state index contributed by atoms with van der Waals surface area (Å²) in [5.41, 5.74) is 3.66. The van der Waals surface area contributed by atoms with Crippen molar-refractivity contribution < 1.29 is 4.79 Å². The second kappa shape index (κ2) is 5.09. The molecule has 3 aromatic rings. The normalized spacial score (nSPS) is 10.9. The number of amides is 1. The number of aromatic nitrogens is 2. The van der Waals surface area contributed by atoms with Crippen molar-refractivity contribution in [3.05, 3.63) is 51.3 Å². The van der Waals surface area contributed by atoms with Crippen LogP contribution in [0.5, 0.6) is 0 Å². The number of nitrogens with one attached hydrogen (secondary N) is 2. The summed E-state index contributed by atoms with van der Waals surface area (Å²) in [6, 6.07) is 7.97. The van der Waals surface area contributed by atoms with Gasteiger partial charge in [0.2, 0.25) is 0 Å². The van der Waals surface area contributed by atoms with E-state index >= 15 is 0 Å². The van der Waals surface area contributed by atoms with E-state index in [1.165, 1.54) is 10.4 Å². The number of rotatable bonds is 3. The zero-order valence-corrected chi connectivity index (χ0v) is 12.2. The molecule has 2 N–H and O–H groups in total. The molecule has 5 heteroatoms. The van der Waals surface area contributed by atoms with Crippen LogP contribution in [0, 0.1) is 13.8 Å². The number of thiophene rings is 1. The molecule has 1 aromatic carbocycles. The van der Waals surface area contributed by atoms with Crippen molar-refractivity contribution in [2.24, 2.45) is 0 Å². The molecule has 4 nitrogen and oxygen atoms in total. The summed E-state index contributed by atoms with van der Waals surface area (Å²) in [5.74, 6) is -0.144. The van der Waals surface area contributed by atoms with E-state index in [9.17, 15) is 4.79 Å². The Morgan fingerprint density at radius 3 is 2.95 bits per heavy atom. The van der Waals surface area contributed by atoms with Gasteiger partial charge in [0, 0.05) is 10.3 Å². The molecule has 0 aliphatic carbocycles. The molecule has 3 rings (SSSR count). The van der Waals surface area contributed by atoms with Crippen molar-refractivity contribution in [3.63, 3.8) is 0 Å². The third kappa shape index (κ3) is 2.32. The van der Waals surface area contributed by atoms with Crippen LogP contribution < -0.4 is 5.32 Å². The van der Waals surface area contributed by atoms with Crippen molar-refractivity contribution in [3.8, 4) is 0 Å². The van der Waals surface area contributed by atoms with E-state index in [1.807, 2.05) is 37.4 Å². The molecule has 0 fully saturated rings. The number of aromatic amines is 1. The van der Waals surface area contributed by atoms with Crippen LogP contribution in [0.2, 0.25) is 0 Å². The number of hydrogen-bond donors (Lipinski definition) is 2. The first-order valence-electron chi connectivity index (χ1n) is 6.41. The van der Waals surface area contributed by atoms with Gasteiger partial charge in [0.15, 0.2) is 5.69 Å². The minimum absolute atomic E-state index is 0.144. The van der Waals surface area contributed by atoms with Crippen molar-refractivity contribution in [1.82, 2.24) is 15.5 Å². The van der Waals surface area contributed by atoms with Crippen molar-refractivity contribution >= 4 is 28.1 Å². The van der Waals surface area contributed by atoms with Gasteiger partial charge in [0.05, 0.1) is 12.1 Å². The lowest BCUT2D eigenvalue weighted by Gasteiger charge is -2.03. The van der Waals surface area contributed by atoms with Crippen LogP contribution in [0.1, 0.15) is 26.5 Å². The first-order chi connectivity index (χ1) is 9.65. The van der Waals surface area contributed by atoms with Crippen LogP contribution in [0.4, 0.5) is 0 Å². The average molecular weight is 285 g/mol. The van der Waals surface area contributed by atoms with Crippen molar-refractivity contribution in [2.45, 2.75) is 20.4 Å². The molecule has 0 bridgehead atoms. The van der Waals surface area contributed by atoms with Crippen molar-refractivity contribution in [2.75, 3.05) is 0 Å². The van der Waals surface area contributed by atoms with Crippen LogP contribution >= 0.6 is 11.3 Å². The molecule has 0 saturated heterocycles. The van der Waals surface area contributed by atoms with Crippen LogP contribution in [0.15, 0.2) is 29.6 Å². The number of benzene rings is 1. The van der Waals surface area contributed by atoms with E-state index in [4.69, 9.17) is 0 Å². The predicted octanol–water partition coefficient (Wildman–Crippen LogP) is 3.17. The maximum atomic E-state index is 12.2. The molecule has 0 aliphatic rings. The molecule has 20 heavy (non-hydrogen) atoms. The number of hydrogen-bond acceptors (Lipinski definition) is 3. The molecule has 0 saturated carbocycles. The van der Waals surface area contributed by atoms with E-state index in [0.29, 0.717) is 12.2 Å². The molecule has 0 atom stereocenters. The minimum atomic E-state index is -0.144. The molecule has 2 aromatic heterocycles. The van der Waals surface area contributed by atoms with Gasteiger partial charge in [-0.25, -0.2) is 0 Å². The number of carbonyl (C=O) groups excluding carboxylic acids is 1. The second-order valence-corrected chi connectivity index (χ2v) is 5.83. The van der Waals surface area contributed by atoms with E-state index in [1.54, 1.807) is 11.3 Å². The maximum absolute atomic E-state index is 12.2. The Hall–Kier alpha value is -2.14. The first-order valence-corrected chi connectivity index (χ1v) is 7.29. The Balaban J connectivity index is 1.82. The Kier molecular flexibility index (Phi) is 3.28. The summed E-state index contributed by atoms with van der Waals surface area (Å²) in [6.07, 6.45) is 0. The number of nitrogens with zero attached hydrogens (tertiary/aromatic N) is 1. The summed E-state index contributed by atoms with van der Waals surface area (Å²) in [6.45, 7) is 4.59. The van der Waals surface area contributed by atoms with Gasteiger partial charge in [-0.3, -0.25) is 9.89 Å². The quantitative estimate of drug-likeness (QED) is 0.776. The lowest BCUT2D eigenvalue weighted by Crippen LogP contribution is -2.23. The fourth-order valence-electron chi connectivity index (χ4n) is 2.13. The third-order valence-electron chi connectivity index (χ3n) is 3.31. The summed E-state index contributed by atoms with van der Waals surface area (Å²) in [7, 11) is 0. The fourth-order valence-corrected chi connectivity index (χ4v) is 2.98.